The van der Waals surface area contributed by atoms with Crippen LogP contribution in [0.25, 0.3) is 0 Å². The Kier molecular flexibility index (Phi) is 4.44. The van der Waals surface area contributed by atoms with Gasteiger partial charge in [0.2, 0.25) is 0 Å². The van der Waals surface area contributed by atoms with Crippen molar-refractivity contribution in [2.45, 2.75) is 45.6 Å². The van der Waals surface area contributed by atoms with Crippen molar-refractivity contribution in [3.8, 4) is 0 Å². The molecule has 0 aromatic heterocycles. The van der Waals surface area contributed by atoms with Gasteiger partial charge in [-0.25, -0.2) is 0 Å². The highest BCUT2D eigenvalue weighted by atomic mass is 35.5. The third-order valence-electron chi connectivity index (χ3n) is 5.18. The summed E-state index contributed by atoms with van der Waals surface area (Å²) in [4.78, 5) is 7.01. The second-order valence-corrected chi connectivity index (χ2v) is 7.92. The molecule has 3 heteroatoms. The number of aliphatic imine (C=N–C) groups is 1. The van der Waals surface area contributed by atoms with Crippen molar-refractivity contribution in [3.05, 3.63) is 58.1 Å². The Morgan fingerprint density at radius 1 is 1.25 bits per heavy atom. The normalized spacial score (nSPS) is 19.6. The summed E-state index contributed by atoms with van der Waals surface area (Å²) in [5.41, 5.74) is 6.25. The molecule has 1 unspecified atom stereocenters. The predicted molar refractivity (Wildman–Crippen MR) is 105 cm³/mol. The number of anilines is 1. The molecule has 0 saturated heterocycles. The number of nitrogens with zero attached hydrogens (tertiary/aromatic N) is 2. The van der Waals surface area contributed by atoms with Crippen LogP contribution in [0.1, 0.15) is 49.8 Å². The zero-order valence-corrected chi connectivity index (χ0v) is 15.9. The van der Waals surface area contributed by atoms with Crippen molar-refractivity contribution in [1.82, 2.24) is 0 Å². The van der Waals surface area contributed by atoms with Crippen LogP contribution in [0.2, 0.25) is 5.02 Å². The molecule has 2 aromatic carbocycles. The van der Waals surface area contributed by atoms with E-state index in [4.69, 9.17) is 11.6 Å². The summed E-state index contributed by atoms with van der Waals surface area (Å²) in [5, 5.41) is 0.712. The van der Waals surface area contributed by atoms with E-state index in [1.54, 1.807) is 0 Å². The van der Waals surface area contributed by atoms with Gasteiger partial charge in [-0.15, -0.1) is 0 Å². The van der Waals surface area contributed by atoms with Crippen LogP contribution in [-0.2, 0) is 0 Å². The Balaban J connectivity index is 1.99. The molecule has 2 nitrogen and oxygen atoms in total. The fraction of sp³-hybridized carbons (Fsp3) is 0.381. The molecule has 126 valence electrons. The van der Waals surface area contributed by atoms with Gasteiger partial charge in [-0.3, -0.25) is 4.99 Å². The molecule has 0 N–H and O–H groups in total. The number of aryl methyl sites for hydroxylation is 1. The van der Waals surface area contributed by atoms with Gasteiger partial charge in [0.05, 0.1) is 5.69 Å². The van der Waals surface area contributed by atoms with E-state index in [0.717, 1.165) is 12.1 Å². The topological polar surface area (TPSA) is 15.6 Å². The van der Waals surface area contributed by atoms with E-state index in [1.165, 1.54) is 22.4 Å². The third-order valence-corrected chi connectivity index (χ3v) is 5.42. The third kappa shape index (κ3) is 3.21. The molecule has 1 aliphatic heterocycles. The molecule has 1 aliphatic rings. The molecular weight excluding hydrogens is 316 g/mol. The van der Waals surface area contributed by atoms with E-state index in [2.05, 4.69) is 56.8 Å². The van der Waals surface area contributed by atoms with E-state index in [9.17, 15) is 0 Å². The number of fused-ring (bicyclic) bond motifs is 1. The zero-order valence-electron chi connectivity index (χ0n) is 15.1. The smallest absolute Gasteiger partial charge is 0.0644 e. The van der Waals surface area contributed by atoms with E-state index in [-0.39, 0.29) is 5.54 Å². The molecule has 0 fully saturated rings. The van der Waals surface area contributed by atoms with Gasteiger partial charge in [-0.2, -0.15) is 0 Å². The minimum atomic E-state index is 0.190. The average molecular weight is 341 g/mol. The summed E-state index contributed by atoms with van der Waals surface area (Å²) < 4.78 is 0. The molecule has 24 heavy (non-hydrogen) atoms. The summed E-state index contributed by atoms with van der Waals surface area (Å²) in [6.45, 7) is 9.10. The van der Waals surface area contributed by atoms with Gasteiger partial charge < -0.3 is 4.90 Å². The molecular formula is C21H25ClN2. The predicted octanol–water partition coefficient (Wildman–Crippen LogP) is 6.12. The molecule has 1 heterocycles. The number of halogens is 1. The van der Waals surface area contributed by atoms with Crippen molar-refractivity contribution in [2.75, 3.05) is 11.9 Å². The van der Waals surface area contributed by atoms with Crippen molar-refractivity contribution in [2.24, 2.45) is 4.99 Å². The number of hydrogen-bond donors (Lipinski definition) is 0. The molecule has 0 amide bonds. The van der Waals surface area contributed by atoms with Crippen molar-refractivity contribution >= 4 is 29.2 Å². The molecule has 2 aromatic rings. The first-order valence-electron chi connectivity index (χ1n) is 8.46. The monoisotopic (exact) mass is 340 g/mol. The standard InChI is InChI=1S/C21H25ClN2/c1-14-9-20-19(15(2)12-21(3,4)24(20)5)10-16(14)13-23-18-8-6-7-17(22)11-18/h6-11,13,15H,12H2,1-5H3. The first-order chi connectivity index (χ1) is 11.3. The van der Waals surface area contributed by atoms with Crippen LogP contribution in [-0.4, -0.2) is 18.8 Å². The van der Waals surface area contributed by atoms with E-state index in [0.29, 0.717) is 10.9 Å². The fourth-order valence-corrected chi connectivity index (χ4v) is 3.76. The quantitative estimate of drug-likeness (QED) is 0.601. The Hall–Kier alpha value is -1.80. The largest absolute Gasteiger partial charge is 0.369 e. The Morgan fingerprint density at radius 2 is 2.00 bits per heavy atom. The molecule has 0 saturated carbocycles. The molecule has 0 aliphatic carbocycles. The van der Waals surface area contributed by atoms with Gasteiger partial charge in [-0.1, -0.05) is 24.6 Å². The number of benzene rings is 2. The lowest BCUT2D eigenvalue weighted by molar-refractivity contribution is 0.395. The average Bonchev–Trinajstić information content (AvgIpc) is 2.51. The molecule has 1 atom stereocenters. The van der Waals surface area contributed by atoms with Gasteiger partial charge in [0.1, 0.15) is 0 Å². The highest BCUT2D eigenvalue weighted by molar-refractivity contribution is 6.30. The molecule has 0 spiro atoms. The van der Waals surface area contributed by atoms with Crippen molar-refractivity contribution < 1.29 is 0 Å². The summed E-state index contributed by atoms with van der Waals surface area (Å²) >= 11 is 6.04. The van der Waals surface area contributed by atoms with Crippen LogP contribution in [0.5, 0.6) is 0 Å². The van der Waals surface area contributed by atoms with E-state index >= 15 is 0 Å². The van der Waals surface area contributed by atoms with Crippen LogP contribution in [0.3, 0.4) is 0 Å². The second-order valence-electron chi connectivity index (χ2n) is 7.48. The minimum absolute atomic E-state index is 0.190. The second kappa shape index (κ2) is 6.25. The van der Waals surface area contributed by atoms with Crippen LogP contribution in [0.15, 0.2) is 41.4 Å². The lowest BCUT2D eigenvalue weighted by atomic mass is 9.79. The first kappa shape index (κ1) is 17.0. The van der Waals surface area contributed by atoms with Crippen LogP contribution >= 0.6 is 11.6 Å². The van der Waals surface area contributed by atoms with E-state index in [1.807, 2.05) is 30.5 Å². The van der Waals surface area contributed by atoms with Gasteiger partial charge in [0, 0.05) is 29.5 Å². The molecule has 0 bridgehead atoms. The van der Waals surface area contributed by atoms with Gasteiger partial charge >= 0.3 is 0 Å². The van der Waals surface area contributed by atoms with Crippen LogP contribution < -0.4 is 4.90 Å². The molecule has 0 radical (unpaired) electrons. The highest BCUT2D eigenvalue weighted by Gasteiger charge is 2.34. The summed E-state index contributed by atoms with van der Waals surface area (Å²) in [5.74, 6) is 0.546. The Labute approximate surface area is 150 Å². The number of hydrogen-bond acceptors (Lipinski definition) is 2. The maximum Gasteiger partial charge on any atom is 0.0644 e. The van der Waals surface area contributed by atoms with Gasteiger partial charge in [-0.05, 0) is 80.1 Å². The highest BCUT2D eigenvalue weighted by Crippen LogP contribution is 2.43. The lowest BCUT2D eigenvalue weighted by Gasteiger charge is -2.45. The lowest BCUT2D eigenvalue weighted by Crippen LogP contribution is -2.45. The van der Waals surface area contributed by atoms with E-state index < -0.39 is 0 Å². The van der Waals surface area contributed by atoms with Crippen LogP contribution in [0.4, 0.5) is 11.4 Å². The number of rotatable bonds is 2. The Bertz CT molecular complexity index is 792. The molecule has 3 rings (SSSR count). The summed E-state index contributed by atoms with van der Waals surface area (Å²) in [6, 6.07) is 12.2. The van der Waals surface area contributed by atoms with Gasteiger partial charge in [0.15, 0.2) is 0 Å². The summed E-state index contributed by atoms with van der Waals surface area (Å²) in [6.07, 6.45) is 3.11. The summed E-state index contributed by atoms with van der Waals surface area (Å²) in [7, 11) is 2.20. The minimum Gasteiger partial charge on any atom is -0.369 e. The Morgan fingerprint density at radius 3 is 2.71 bits per heavy atom. The van der Waals surface area contributed by atoms with Gasteiger partial charge in [0.25, 0.3) is 0 Å². The fourth-order valence-electron chi connectivity index (χ4n) is 3.57. The van der Waals surface area contributed by atoms with Crippen molar-refractivity contribution in [1.29, 1.82) is 0 Å². The zero-order chi connectivity index (χ0) is 17.5. The SMILES string of the molecule is Cc1cc2c(cc1C=Nc1cccc(Cl)c1)C(C)CC(C)(C)N2C. The first-order valence-corrected chi connectivity index (χ1v) is 8.84. The van der Waals surface area contributed by atoms with Crippen LogP contribution in [0, 0.1) is 6.92 Å². The maximum absolute atomic E-state index is 6.04. The van der Waals surface area contributed by atoms with Crippen molar-refractivity contribution in [3.63, 3.8) is 0 Å². The maximum atomic E-state index is 6.04.